The van der Waals surface area contributed by atoms with Crippen LogP contribution in [0.15, 0.2) is 78.9 Å². The van der Waals surface area contributed by atoms with E-state index in [2.05, 4.69) is 0 Å². The lowest BCUT2D eigenvalue weighted by Crippen LogP contribution is -2.53. The number of hydrogen-bond donors (Lipinski definition) is 0. The Hall–Kier alpha value is -7.53. The van der Waals surface area contributed by atoms with Gasteiger partial charge >= 0.3 is 35.9 Å². The quantitative estimate of drug-likeness (QED) is 0.0407. The van der Waals surface area contributed by atoms with Crippen molar-refractivity contribution in [2.45, 2.75) is 217 Å². The van der Waals surface area contributed by atoms with Crippen molar-refractivity contribution in [2.75, 3.05) is 67.8 Å². The molecule has 4 aliphatic rings. The zero-order chi connectivity index (χ0) is 70.1. The summed E-state index contributed by atoms with van der Waals surface area (Å²) in [6.07, 6.45) is 1.53. The van der Waals surface area contributed by atoms with Crippen LogP contribution in [0.5, 0.6) is 0 Å². The molecule has 2 saturated carbocycles. The number of hydrogen-bond acceptors (Lipinski definition) is 17. The van der Waals surface area contributed by atoms with Gasteiger partial charge in [0.2, 0.25) is 0 Å². The van der Waals surface area contributed by atoms with Crippen molar-refractivity contribution < 1.29 is 89.8 Å². The van der Waals surface area contributed by atoms with Gasteiger partial charge in [0.1, 0.15) is 47.7 Å². The van der Waals surface area contributed by atoms with Crippen LogP contribution in [0.1, 0.15) is 172 Å². The van der Waals surface area contributed by atoms with Crippen molar-refractivity contribution in [3.05, 3.63) is 107 Å². The Balaban J connectivity index is 1.10. The number of halogens is 2. The average Bonchev–Trinajstić information content (AvgIpc) is 0.877. The third-order valence-electron chi connectivity index (χ3n) is 18.1. The smallest absolute Gasteiger partial charge is 0.410 e. The molecule has 0 unspecified atom stereocenters. The van der Waals surface area contributed by atoms with Crippen LogP contribution in [0.4, 0.5) is 13.6 Å². The van der Waals surface area contributed by atoms with Crippen LogP contribution in [0.2, 0.25) is 0 Å². The van der Waals surface area contributed by atoms with Gasteiger partial charge in [-0.15, -0.1) is 0 Å². The van der Waals surface area contributed by atoms with E-state index < -0.39 is 133 Å². The van der Waals surface area contributed by atoms with Gasteiger partial charge in [-0.25, -0.2) is 37.5 Å². The second-order valence-corrected chi connectivity index (χ2v) is 28.5. The summed E-state index contributed by atoms with van der Waals surface area (Å²) in [6.45, 7) is 10.4. The van der Waals surface area contributed by atoms with Crippen LogP contribution in [0, 0.1) is 11.8 Å². The molecule has 3 aromatic rings. The second kappa shape index (κ2) is 34.6. The topological polar surface area (TPSA) is 240 Å². The summed E-state index contributed by atoms with van der Waals surface area (Å²) in [7, 11) is 5.18. The molecule has 0 N–H and O–H groups in total. The Morgan fingerprint density at radius 3 is 1.38 bits per heavy atom. The molecule has 0 aromatic heterocycles. The predicted molar refractivity (Wildman–Crippen MR) is 350 cm³/mol. The fourth-order valence-electron chi connectivity index (χ4n) is 11.9. The van der Waals surface area contributed by atoms with Gasteiger partial charge in [0, 0.05) is 80.3 Å². The van der Waals surface area contributed by atoms with Crippen molar-refractivity contribution in [3.8, 4) is 0 Å². The Kier molecular flexibility index (Phi) is 27.3. The number of esters is 5. The molecule has 528 valence electrons. The first-order chi connectivity index (χ1) is 45.3. The van der Waals surface area contributed by atoms with Gasteiger partial charge in [-0.3, -0.25) is 19.3 Å². The van der Waals surface area contributed by atoms with Crippen LogP contribution < -0.4 is 0 Å². The van der Waals surface area contributed by atoms with Gasteiger partial charge in [0.25, 0.3) is 17.7 Å². The number of rotatable bonds is 33. The summed E-state index contributed by atoms with van der Waals surface area (Å²) in [4.78, 5) is 132. The molecule has 21 nitrogen and oxygen atoms in total. The second-order valence-electron chi connectivity index (χ2n) is 28.5. The summed E-state index contributed by atoms with van der Waals surface area (Å²) in [6, 6.07) is 18.0. The molecule has 4 fully saturated rings. The van der Waals surface area contributed by atoms with E-state index in [0.717, 1.165) is 74.8 Å². The summed E-state index contributed by atoms with van der Waals surface area (Å²) in [5, 5.41) is 0. The van der Waals surface area contributed by atoms with Crippen molar-refractivity contribution >= 4 is 53.7 Å². The minimum absolute atomic E-state index is 0.0350. The number of carbonyl (C=O) groups is 9. The van der Waals surface area contributed by atoms with Gasteiger partial charge < -0.3 is 52.6 Å². The van der Waals surface area contributed by atoms with Crippen LogP contribution in [0.3, 0.4) is 0 Å². The Labute approximate surface area is 563 Å². The first-order valence-corrected chi connectivity index (χ1v) is 33.7. The molecule has 6 atom stereocenters. The molecule has 4 amide bonds. The van der Waals surface area contributed by atoms with E-state index in [0.29, 0.717) is 62.7 Å². The Morgan fingerprint density at radius 2 is 0.927 bits per heavy atom. The van der Waals surface area contributed by atoms with Crippen LogP contribution in [-0.4, -0.2) is 194 Å². The molecule has 0 radical (unpaired) electrons. The monoisotopic (exact) mass is 1340 g/mol. The maximum Gasteiger partial charge on any atom is 0.410 e. The number of ether oxygens (including phenoxy) is 8. The Bertz CT molecular complexity index is 3090. The van der Waals surface area contributed by atoms with Gasteiger partial charge in [-0.2, -0.15) is 0 Å². The molecule has 2 aliphatic carbocycles. The largest absolute Gasteiger partial charge is 0.458 e. The fraction of sp³-hybridized carbons (Fsp3) is 0.630. The van der Waals surface area contributed by atoms with Crippen LogP contribution in [0.25, 0.3) is 0 Å². The van der Waals surface area contributed by atoms with Gasteiger partial charge in [-0.05, 0) is 145 Å². The molecule has 0 spiro atoms. The van der Waals surface area contributed by atoms with Gasteiger partial charge in [0.15, 0.2) is 25.4 Å². The van der Waals surface area contributed by atoms with E-state index in [1.165, 1.54) is 55.9 Å². The zero-order valence-electron chi connectivity index (χ0n) is 57.8. The van der Waals surface area contributed by atoms with Crippen molar-refractivity contribution in [1.82, 2.24) is 19.6 Å². The standard InChI is InChI=1S/C73H100F2N4O17/c1-71(2,3)96-70(88)79(11)59(43-73(6,7)75)69(87)95-61(41-50-23-28-53(29-24-50)55-33-37-90-38-34-55)65(83)78(10)57(39-48-19-20-48)67(85)92-45-62(80)76(8)58(42-72(4,5)74)68(86)94-60(40-49-21-26-52(27-22-49)54-31-35-89-36-32-54)64(82)77(9)56(30-25-47-17-18-47)66(84)93-46-63(81)91-44-51-15-13-12-14-16-51/h12-16,21-24,26-29,47-48,54-61H,17-20,25,30-46H2,1-11H3/t56-,57-,58-,59-,60+,61+/m0/s1. The van der Waals surface area contributed by atoms with Crippen molar-refractivity contribution in [2.24, 2.45) is 11.8 Å². The van der Waals surface area contributed by atoms with Crippen LogP contribution >= 0.6 is 0 Å². The van der Waals surface area contributed by atoms with E-state index in [1.54, 1.807) is 45.0 Å². The number of carbonyl (C=O) groups excluding carboxylic acids is 9. The first-order valence-electron chi connectivity index (χ1n) is 33.7. The summed E-state index contributed by atoms with van der Waals surface area (Å²) in [5.41, 5.74) is -1.15. The molecule has 2 heterocycles. The molecule has 2 aliphatic heterocycles. The molecule has 3 aromatic carbocycles. The SMILES string of the molecule is CN(C(=O)COC(=O)[C@H](CC1CC1)N(C)C(=O)[C@@H](Cc1ccc(C2CCOCC2)cc1)OC(=O)[C@H](CC(C)(C)F)N(C)C(=O)OC(C)(C)C)[C@@H](CC(C)(C)F)C(=O)O[C@H](Cc1ccc(C2CCOCC2)cc1)C(=O)N(C)[C@@H](CCC1CC1)C(=O)OCC(=O)OCc1ccccc1. The number of likely N-dealkylation sites (N-methyl/N-ethyl adjacent to an activating group) is 4. The number of nitrogens with zero attached hydrogens (tertiary/aromatic N) is 4. The predicted octanol–water partition coefficient (Wildman–Crippen LogP) is 9.90. The van der Waals surface area contributed by atoms with E-state index in [-0.39, 0.29) is 50.0 Å². The lowest BCUT2D eigenvalue weighted by Gasteiger charge is -2.34. The van der Waals surface area contributed by atoms with E-state index in [9.17, 15) is 38.4 Å². The molecular formula is C73H100F2N4O17. The summed E-state index contributed by atoms with van der Waals surface area (Å²) < 4.78 is 76.9. The summed E-state index contributed by atoms with van der Waals surface area (Å²) >= 11 is 0. The normalized spacial score (nSPS) is 17.4. The maximum absolute atomic E-state index is 16.0. The lowest BCUT2D eigenvalue weighted by molar-refractivity contribution is -0.172. The van der Waals surface area contributed by atoms with Gasteiger partial charge in [0.05, 0.1) is 0 Å². The highest BCUT2D eigenvalue weighted by atomic mass is 19.1. The highest BCUT2D eigenvalue weighted by molar-refractivity contribution is 5.93. The highest BCUT2D eigenvalue weighted by Gasteiger charge is 2.44. The van der Waals surface area contributed by atoms with Crippen molar-refractivity contribution in [1.29, 1.82) is 0 Å². The van der Waals surface area contributed by atoms with E-state index in [1.807, 2.05) is 54.6 Å². The highest BCUT2D eigenvalue weighted by Crippen LogP contribution is 2.37. The Morgan fingerprint density at radius 1 is 0.490 bits per heavy atom. The van der Waals surface area contributed by atoms with Crippen molar-refractivity contribution in [3.63, 3.8) is 0 Å². The number of benzene rings is 3. The molecule has 23 heteroatoms. The molecule has 2 saturated heterocycles. The van der Waals surface area contributed by atoms with E-state index in [4.69, 9.17) is 37.9 Å². The average molecular weight is 1340 g/mol. The molecule has 7 rings (SSSR count). The maximum atomic E-state index is 16.0. The fourth-order valence-corrected chi connectivity index (χ4v) is 11.9. The molecule has 0 bridgehead atoms. The summed E-state index contributed by atoms with van der Waals surface area (Å²) in [5.74, 6) is -6.89. The lowest BCUT2D eigenvalue weighted by atomic mass is 9.90. The zero-order valence-corrected chi connectivity index (χ0v) is 57.8. The first kappa shape index (κ1) is 75.8. The van der Waals surface area contributed by atoms with Gasteiger partial charge in [-0.1, -0.05) is 105 Å². The van der Waals surface area contributed by atoms with E-state index >= 15 is 13.6 Å². The third-order valence-corrected chi connectivity index (χ3v) is 18.1. The number of amides is 4. The minimum Gasteiger partial charge on any atom is -0.458 e. The van der Waals surface area contributed by atoms with Crippen LogP contribution in [-0.2, 0) is 95.7 Å². The third kappa shape index (κ3) is 24.2. The molecule has 96 heavy (non-hydrogen) atoms. The molecular weight excluding hydrogens is 1240 g/mol. The minimum atomic E-state index is -2.14. The number of alkyl halides is 2.